The standard InChI is InChI=1S/C13H19N3O4S/c1-14-12-15(2)9(11(17)20-3)10(21-12)8-4-6-16(7-5-8)13(18)19/h8H,4-7H2,1-3H3,(H,18,19)/b14-12-. The molecule has 7 nitrogen and oxygen atoms in total. The highest BCUT2D eigenvalue weighted by atomic mass is 32.1. The van der Waals surface area contributed by atoms with E-state index in [2.05, 4.69) is 4.99 Å². The van der Waals surface area contributed by atoms with Gasteiger partial charge in [0, 0.05) is 32.1 Å². The fourth-order valence-corrected chi connectivity index (χ4v) is 3.85. The van der Waals surface area contributed by atoms with Crippen molar-refractivity contribution in [3.63, 3.8) is 0 Å². The fourth-order valence-electron chi connectivity index (χ4n) is 2.62. The number of hydrogen-bond acceptors (Lipinski definition) is 5. The van der Waals surface area contributed by atoms with Crippen LogP contribution in [0.1, 0.15) is 34.1 Å². The minimum atomic E-state index is -0.886. The zero-order valence-electron chi connectivity index (χ0n) is 12.3. The highest BCUT2D eigenvalue weighted by Gasteiger charge is 2.30. The first kappa shape index (κ1) is 15.6. The predicted molar refractivity (Wildman–Crippen MR) is 77.7 cm³/mol. The summed E-state index contributed by atoms with van der Waals surface area (Å²) in [7, 11) is 4.84. The van der Waals surface area contributed by atoms with Crippen LogP contribution in [0.5, 0.6) is 0 Å². The van der Waals surface area contributed by atoms with Crippen molar-refractivity contribution in [2.75, 3.05) is 27.2 Å². The summed E-state index contributed by atoms with van der Waals surface area (Å²) in [5, 5.41) is 9.00. The number of carbonyl (C=O) groups excluding carboxylic acids is 1. The Morgan fingerprint density at radius 3 is 2.48 bits per heavy atom. The van der Waals surface area contributed by atoms with Crippen LogP contribution in [0, 0.1) is 0 Å². The Labute approximate surface area is 126 Å². The number of amides is 1. The molecule has 0 aliphatic carbocycles. The van der Waals surface area contributed by atoms with Crippen molar-refractivity contribution in [2.24, 2.45) is 12.0 Å². The smallest absolute Gasteiger partial charge is 0.407 e. The van der Waals surface area contributed by atoms with Crippen LogP contribution in [0.25, 0.3) is 0 Å². The monoisotopic (exact) mass is 313 g/mol. The van der Waals surface area contributed by atoms with Gasteiger partial charge in [-0.05, 0) is 18.8 Å². The average Bonchev–Trinajstić information content (AvgIpc) is 2.83. The molecular formula is C13H19N3O4S. The second kappa shape index (κ2) is 6.30. The van der Waals surface area contributed by atoms with Gasteiger partial charge in [-0.1, -0.05) is 0 Å². The number of methoxy groups -OCH3 is 1. The van der Waals surface area contributed by atoms with Crippen molar-refractivity contribution in [3.8, 4) is 0 Å². The molecule has 1 aromatic heterocycles. The summed E-state index contributed by atoms with van der Waals surface area (Å²) in [6.07, 6.45) is 0.530. The summed E-state index contributed by atoms with van der Waals surface area (Å²) in [5.41, 5.74) is 0.525. The third kappa shape index (κ3) is 2.94. The number of esters is 1. The number of piperidine rings is 1. The molecule has 0 radical (unpaired) electrons. The maximum atomic E-state index is 12.0. The summed E-state index contributed by atoms with van der Waals surface area (Å²) < 4.78 is 6.61. The lowest BCUT2D eigenvalue weighted by Crippen LogP contribution is -2.37. The third-order valence-corrected chi connectivity index (χ3v) is 5.15. The number of nitrogens with zero attached hydrogens (tertiary/aromatic N) is 3. The van der Waals surface area contributed by atoms with E-state index in [0.29, 0.717) is 31.6 Å². The van der Waals surface area contributed by atoms with Crippen LogP contribution < -0.4 is 4.80 Å². The molecule has 1 saturated heterocycles. The quantitative estimate of drug-likeness (QED) is 0.833. The van der Waals surface area contributed by atoms with Gasteiger partial charge in [0.1, 0.15) is 5.69 Å². The second-order valence-electron chi connectivity index (χ2n) is 4.92. The highest BCUT2D eigenvalue weighted by Crippen LogP contribution is 2.32. The normalized spacial score (nSPS) is 17.1. The number of thiazole rings is 1. The van der Waals surface area contributed by atoms with E-state index in [4.69, 9.17) is 9.84 Å². The zero-order valence-corrected chi connectivity index (χ0v) is 13.1. The Bertz CT molecular complexity index is 611. The van der Waals surface area contributed by atoms with Crippen molar-refractivity contribution < 1.29 is 19.4 Å². The number of ether oxygens (including phenoxy) is 1. The van der Waals surface area contributed by atoms with Gasteiger partial charge in [-0.3, -0.25) is 4.99 Å². The Hall–Kier alpha value is -1.83. The first-order chi connectivity index (χ1) is 9.99. The Morgan fingerprint density at radius 2 is 2.00 bits per heavy atom. The van der Waals surface area contributed by atoms with E-state index in [1.165, 1.54) is 23.3 Å². The summed E-state index contributed by atoms with van der Waals surface area (Å²) in [6, 6.07) is 0. The summed E-state index contributed by atoms with van der Waals surface area (Å²) in [4.78, 5) is 30.3. The van der Waals surface area contributed by atoms with E-state index in [1.54, 1.807) is 18.7 Å². The van der Waals surface area contributed by atoms with E-state index < -0.39 is 6.09 Å². The van der Waals surface area contributed by atoms with Gasteiger partial charge in [0.2, 0.25) is 0 Å². The maximum Gasteiger partial charge on any atom is 0.407 e. The fraction of sp³-hybridized carbons (Fsp3) is 0.615. The Morgan fingerprint density at radius 1 is 1.38 bits per heavy atom. The zero-order chi connectivity index (χ0) is 15.6. The van der Waals surface area contributed by atoms with E-state index in [0.717, 1.165) is 9.68 Å². The minimum Gasteiger partial charge on any atom is -0.465 e. The lowest BCUT2D eigenvalue weighted by atomic mass is 9.94. The van der Waals surface area contributed by atoms with Crippen molar-refractivity contribution in [1.82, 2.24) is 9.47 Å². The van der Waals surface area contributed by atoms with Gasteiger partial charge in [-0.15, -0.1) is 11.3 Å². The van der Waals surface area contributed by atoms with Gasteiger partial charge in [-0.25, -0.2) is 9.59 Å². The molecule has 0 unspecified atom stereocenters. The van der Waals surface area contributed by atoms with Crippen LogP contribution in [0.15, 0.2) is 4.99 Å². The molecule has 116 valence electrons. The lowest BCUT2D eigenvalue weighted by molar-refractivity contribution is 0.0586. The molecule has 1 fully saturated rings. The van der Waals surface area contributed by atoms with Gasteiger partial charge in [0.15, 0.2) is 4.80 Å². The van der Waals surface area contributed by atoms with Crippen LogP contribution in [-0.2, 0) is 11.8 Å². The topological polar surface area (TPSA) is 84.1 Å². The molecule has 0 bridgehead atoms. The lowest BCUT2D eigenvalue weighted by Gasteiger charge is -2.29. The van der Waals surface area contributed by atoms with Crippen molar-refractivity contribution >= 4 is 23.4 Å². The van der Waals surface area contributed by atoms with Crippen LogP contribution >= 0.6 is 11.3 Å². The van der Waals surface area contributed by atoms with Gasteiger partial charge in [0.25, 0.3) is 0 Å². The molecule has 8 heteroatoms. The number of hydrogen-bond donors (Lipinski definition) is 1. The summed E-state index contributed by atoms with van der Waals surface area (Å²) in [6.45, 7) is 0.974. The Kier molecular flexibility index (Phi) is 4.66. The minimum absolute atomic E-state index is 0.168. The molecule has 0 spiro atoms. The molecule has 1 aromatic rings. The Balaban J connectivity index is 2.32. The number of carboxylic acid groups (broad SMARTS) is 1. The molecule has 1 aliphatic heterocycles. The predicted octanol–water partition coefficient (Wildman–Crippen LogP) is 1.26. The summed E-state index contributed by atoms with van der Waals surface area (Å²) in [5.74, 6) is -0.208. The second-order valence-corrected chi connectivity index (χ2v) is 5.92. The number of aromatic nitrogens is 1. The molecule has 0 atom stereocenters. The van der Waals surface area contributed by atoms with Gasteiger partial charge < -0.3 is 19.3 Å². The van der Waals surface area contributed by atoms with Crippen molar-refractivity contribution in [1.29, 1.82) is 0 Å². The van der Waals surface area contributed by atoms with Gasteiger partial charge >= 0.3 is 12.1 Å². The summed E-state index contributed by atoms with van der Waals surface area (Å²) >= 11 is 1.48. The van der Waals surface area contributed by atoms with Crippen molar-refractivity contribution in [3.05, 3.63) is 15.4 Å². The third-order valence-electron chi connectivity index (χ3n) is 3.76. The van der Waals surface area contributed by atoms with E-state index in [9.17, 15) is 9.59 Å². The van der Waals surface area contributed by atoms with Crippen LogP contribution in [-0.4, -0.2) is 53.9 Å². The highest BCUT2D eigenvalue weighted by molar-refractivity contribution is 7.09. The van der Waals surface area contributed by atoms with E-state index in [1.807, 2.05) is 0 Å². The van der Waals surface area contributed by atoms with E-state index in [-0.39, 0.29) is 11.9 Å². The van der Waals surface area contributed by atoms with Crippen molar-refractivity contribution in [2.45, 2.75) is 18.8 Å². The number of rotatable bonds is 2. The molecule has 2 rings (SSSR count). The molecule has 1 amide bonds. The molecular weight excluding hydrogens is 294 g/mol. The van der Waals surface area contributed by atoms with Crippen LogP contribution in [0.3, 0.4) is 0 Å². The maximum absolute atomic E-state index is 12.0. The molecule has 21 heavy (non-hydrogen) atoms. The average molecular weight is 313 g/mol. The number of likely N-dealkylation sites (tertiary alicyclic amines) is 1. The number of carbonyl (C=O) groups is 2. The largest absolute Gasteiger partial charge is 0.465 e. The van der Waals surface area contributed by atoms with Crippen LogP contribution in [0.2, 0.25) is 0 Å². The molecule has 0 aromatic carbocycles. The molecule has 2 heterocycles. The van der Waals surface area contributed by atoms with Crippen LogP contribution in [0.4, 0.5) is 4.79 Å². The first-order valence-electron chi connectivity index (χ1n) is 6.68. The molecule has 1 N–H and O–H groups in total. The first-order valence-corrected chi connectivity index (χ1v) is 7.50. The molecule has 1 aliphatic rings. The van der Waals surface area contributed by atoms with Gasteiger partial charge in [-0.2, -0.15) is 0 Å². The molecule has 0 saturated carbocycles. The van der Waals surface area contributed by atoms with Gasteiger partial charge in [0.05, 0.1) is 7.11 Å². The SMILES string of the molecule is C/N=c1\sc(C2CCN(C(=O)O)CC2)c(C(=O)OC)n1C. The van der Waals surface area contributed by atoms with E-state index >= 15 is 0 Å².